The van der Waals surface area contributed by atoms with Gasteiger partial charge in [-0.2, -0.15) is 0 Å². The molecule has 0 unspecified atom stereocenters. The lowest BCUT2D eigenvalue weighted by atomic mass is 9.87. The molecule has 0 spiro atoms. The van der Waals surface area contributed by atoms with Crippen LogP contribution in [0.25, 0.3) is 33.0 Å². The standard InChI is InChI=1S/3C11H14N2.3CH4/c1-11(2,3)9-7-13-10-4-5-12-6-8(9)10;1-11(2,3)8-7-13-9-5-4-6-12-10(8)9;1-11(2,3)9-7-13-10-8(9)5-4-6-12-10;;;/h2*4-7,13H,1-3H3;4-7H,1-3H3,(H,12,13);3*1H4. The van der Waals surface area contributed by atoms with Gasteiger partial charge in [0.1, 0.15) is 5.65 Å². The first-order chi connectivity index (χ1) is 18.3. The molecule has 228 valence electrons. The summed E-state index contributed by atoms with van der Waals surface area (Å²) < 4.78 is 0. The fourth-order valence-corrected chi connectivity index (χ4v) is 4.69. The zero-order chi connectivity index (χ0) is 28.4. The van der Waals surface area contributed by atoms with Crippen molar-refractivity contribution in [1.82, 2.24) is 29.9 Å². The van der Waals surface area contributed by atoms with Gasteiger partial charge in [0.05, 0.1) is 11.0 Å². The van der Waals surface area contributed by atoms with Gasteiger partial charge in [-0.05, 0) is 57.7 Å². The number of pyridine rings is 3. The topological polar surface area (TPSA) is 86.0 Å². The van der Waals surface area contributed by atoms with E-state index in [1.165, 1.54) is 33.0 Å². The van der Waals surface area contributed by atoms with Crippen LogP contribution in [-0.4, -0.2) is 29.9 Å². The van der Waals surface area contributed by atoms with Crippen LogP contribution >= 0.6 is 0 Å². The highest BCUT2D eigenvalue weighted by atomic mass is 14.8. The Morgan fingerprint density at radius 1 is 0.524 bits per heavy atom. The van der Waals surface area contributed by atoms with E-state index in [-0.39, 0.29) is 38.5 Å². The van der Waals surface area contributed by atoms with E-state index in [0.717, 1.165) is 16.7 Å². The molecule has 0 saturated carbocycles. The molecular formula is C36H54N6. The second-order valence-electron chi connectivity index (χ2n) is 13.1. The molecule has 0 radical (unpaired) electrons. The van der Waals surface area contributed by atoms with E-state index in [9.17, 15) is 0 Å². The van der Waals surface area contributed by atoms with Crippen LogP contribution in [0.5, 0.6) is 0 Å². The summed E-state index contributed by atoms with van der Waals surface area (Å²) in [4.78, 5) is 22.4. The Balaban J connectivity index is 0.000000304. The van der Waals surface area contributed by atoms with E-state index in [1.807, 2.05) is 43.0 Å². The monoisotopic (exact) mass is 570 g/mol. The highest BCUT2D eigenvalue weighted by Gasteiger charge is 2.19. The minimum Gasteiger partial charge on any atom is -0.361 e. The lowest BCUT2D eigenvalue weighted by molar-refractivity contribution is 0.594. The summed E-state index contributed by atoms with van der Waals surface area (Å²) in [7, 11) is 0. The molecule has 6 heterocycles. The zero-order valence-electron chi connectivity index (χ0n) is 24.8. The van der Waals surface area contributed by atoms with Crippen LogP contribution in [0.3, 0.4) is 0 Å². The first-order valence-corrected chi connectivity index (χ1v) is 13.5. The van der Waals surface area contributed by atoms with Crippen LogP contribution in [0.4, 0.5) is 0 Å². The summed E-state index contributed by atoms with van der Waals surface area (Å²) in [5.74, 6) is 0. The average Bonchev–Trinajstić information content (AvgIpc) is 3.60. The zero-order valence-corrected chi connectivity index (χ0v) is 24.8. The molecule has 0 aromatic carbocycles. The Morgan fingerprint density at radius 3 is 1.69 bits per heavy atom. The summed E-state index contributed by atoms with van der Waals surface area (Å²) in [6, 6.07) is 10.1. The van der Waals surface area contributed by atoms with Crippen molar-refractivity contribution < 1.29 is 0 Å². The number of aromatic nitrogens is 6. The summed E-state index contributed by atoms with van der Waals surface area (Å²) in [6.07, 6.45) is 13.6. The predicted molar refractivity (Wildman–Crippen MR) is 185 cm³/mol. The molecule has 0 aliphatic rings. The van der Waals surface area contributed by atoms with Gasteiger partial charge < -0.3 is 15.0 Å². The van der Waals surface area contributed by atoms with Gasteiger partial charge >= 0.3 is 0 Å². The van der Waals surface area contributed by atoms with Gasteiger partial charge in [0.2, 0.25) is 0 Å². The normalized spacial score (nSPS) is 11.4. The van der Waals surface area contributed by atoms with E-state index in [0.29, 0.717) is 0 Å². The highest BCUT2D eigenvalue weighted by Crippen LogP contribution is 2.30. The van der Waals surface area contributed by atoms with Gasteiger partial charge in [-0.25, -0.2) is 4.98 Å². The van der Waals surface area contributed by atoms with Crippen molar-refractivity contribution in [2.75, 3.05) is 0 Å². The molecule has 0 aliphatic heterocycles. The van der Waals surface area contributed by atoms with Crippen molar-refractivity contribution in [3.05, 3.63) is 90.4 Å². The molecule has 42 heavy (non-hydrogen) atoms. The number of aromatic amines is 3. The fourth-order valence-electron chi connectivity index (χ4n) is 4.69. The van der Waals surface area contributed by atoms with E-state index in [4.69, 9.17) is 0 Å². The van der Waals surface area contributed by atoms with Gasteiger partial charge in [-0.1, -0.05) is 84.6 Å². The summed E-state index contributed by atoms with van der Waals surface area (Å²) in [6.45, 7) is 19.9. The molecule has 0 amide bonds. The Labute approximate surface area is 253 Å². The van der Waals surface area contributed by atoms with Crippen molar-refractivity contribution in [1.29, 1.82) is 0 Å². The van der Waals surface area contributed by atoms with Crippen LogP contribution in [-0.2, 0) is 16.2 Å². The number of nitrogens with zero attached hydrogens (tertiary/aromatic N) is 3. The van der Waals surface area contributed by atoms with Crippen molar-refractivity contribution in [2.24, 2.45) is 0 Å². The molecule has 0 fully saturated rings. The number of H-pyrrole nitrogens is 3. The van der Waals surface area contributed by atoms with Gasteiger partial charge in [-0.3, -0.25) is 9.97 Å². The molecule has 0 aliphatic carbocycles. The van der Waals surface area contributed by atoms with Crippen molar-refractivity contribution >= 4 is 33.0 Å². The lowest BCUT2D eigenvalue weighted by Gasteiger charge is -2.16. The third-order valence-corrected chi connectivity index (χ3v) is 6.79. The molecule has 0 atom stereocenters. The largest absolute Gasteiger partial charge is 0.361 e. The van der Waals surface area contributed by atoms with Crippen molar-refractivity contribution in [2.45, 2.75) is 101 Å². The smallest absolute Gasteiger partial charge is 0.137 e. The molecule has 0 saturated heterocycles. The van der Waals surface area contributed by atoms with Gasteiger partial charge in [0.25, 0.3) is 0 Å². The summed E-state index contributed by atoms with van der Waals surface area (Å²) >= 11 is 0. The van der Waals surface area contributed by atoms with Gasteiger partial charge in [0.15, 0.2) is 0 Å². The van der Waals surface area contributed by atoms with Crippen LogP contribution in [0.1, 0.15) is 101 Å². The fraction of sp³-hybridized carbons (Fsp3) is 0.417. The highest BCUT2D eigenvalue weighted by molar-refractivity contribution is 5.83. The predicted octanol–water partition coefficient (Wildman–Crippen LogP) is 10.5. The van der Waals surface area contributed by atoms with Crippen LogP contribution in [0.15, 0.2) is 73.7 Å². The molecule has 6 heteroatoms. The number of rotatable bonds is 0. The van der Waals surface area contributed by atoms with E-state index in [2.05, 4.69) is 123 Å². The minimum atomic E-state index is 0. The summed E-state index contributed by atoms with van der Waals surface area (Å²) in [5.41, 5.74) is 8.82. The van der Waals surface area contributed by atoms with Gasteiger partial charge in [-0.15, -0.1) is 0 Å². The molecular weight excluding hydrogens is 516 g/mol. The van der Waals surface area contributed by atoms with Gasteiger partial charge in [0, 0.05) is 65.2 Å². The maximum atomic E-state index is 4.38. The van der Waals surface area contributed by atoms with E-state index >= 15 is 0 Å². The van der Waals surface area contributed by atoms with Crippen molar-refractivity contribution in [3.8, 4) is 0 Å². The maximum absolute atomic E-state index is 4.38. The molecule has 0 bridgehead atoms. The minimum absolute atomic E-state index is 0. The SMILES string of the molecule is C.C.C.CC(C)(C)c1c[nH]c2cccnc12.CC(C)(C)c1c[nH]c2ccncc12.CC(C)(C)c1c[nH]c2ncccc12. The quantitative estimate of drug-likeness (QED) is 0.170. The summed E-state index contributed by atoms with van der Waals surface area (Å²) in [5, 5.41) is 2.46. The Morgan fingerprint density at radius 2 is 1.05 bits per heavy atom. The maximum Gasteiger partial charge on any atom is 0.137 e. The molecule has 6 nitrogen and oxygen atoms in total. The first kappa shape index (κ1) is 36.1. The van der Waals surface area contributed by atoms with E-state index < -0.39 is 0 Å². The molecule has 3 N–H and O–H groups in total. The van der Waals surface area contributed by atoms with E-state index in [1.54, 1.807) is 0 Å². The lowest BCUT2D eigenvalue weighted by Crippen LogP contribution is -2.10. The van der Waals surface area contributed by atoms with Crippen LogP contribution in [0.2, 0.25) is 0 Å². The van der Waals surface area contributed by atoms with Crippen LogP contribution < -0.4 is 0 Å². The third kappa shape index (κ3) is 8.09. The average molecular weight is 571 g/mol. The number of nitrogens with one attached hydrogen (secondary N) is 3. The van der Waals surface area contributed by atoms with Crippen LogP contribution in [0, 0.1) is 0 Å². The second-order valence-corrected chi connectivity index (χ2v) is 13.1. The molecule has 6 aromatic heterocycles. The number of hydrogen-bond acceptors (Lipinski definition) is 3. The molecule has 6 rings (SSSR count). The number of hydrogen-bond donors (Lipinski definition) is 3. The molecule has 6 aromatic rings. The Hall–Kier alpha value is -3.93. The Kier molecular flexibility index (Phi) is 11.9. The Bertz CT molecular complexity index is 1460. The van der Waals surface area contributed by atoms with Crippen molar-refractivity contribution in [3.63, 3.8) is 0 Å². The third-order valence-electron chi connectivity index (χ3n) is 6.79. The second kappa shape index (κ2) is 13.8. The first-order valence-electron chi connectivity index (χ1n) is 13.5. The number of fused-ring (bicyclic) bond motifs is 3.